The van der Waals surface area contributed by atoms with E-state index in [0.29, 0.717) is 11.7 Å². The molecular weight excluding hydrogens is 428 g/mol. The number of ether oxygens (including phenoxy) is 1. The van der Waals surface area contributed by atoms with E-state index in [1.807, 2.05) is 24.4 Å². The monoisotopic (exact) mass is 452 g/mol. The van der Waals surface area contributed by atoms with E-state index in [-0.39, 0.29) is 12.4 Å². The molecule has 0 unspecified atom stereocenters. The molecule has 1 aliphatic rings. The lowest BCUT2D eigenvalue weighted by Gasteiger charge is -2.27. The molecule has 5 rings (SSSR count). The molecule has 0 aliphatic carbocycles. The number of H-pyrrole nitrogens is 1. The molecule has 166 valence electrons. The van der Waals surface area contributed by atoms with Gasteiger partial charge < -0.3 is 20.4 Å². The van der Waals surface area contributed by atoms with Gasteiger partial charge in [0.1, 0.15) is 17.8 Å². The van der Waals surface area contributed by atoms with Crippen LogP contribution in [0.4, 0.5) is 11.8 Å². The summed E-state index contributed by atoms with van der Waals surface area (Å²) in [5.41, 5.74) is 4.66. The van der Waals surface area contributed by atoms with Crippen molar-refractivity contribution in [2.75, 3.05) is 38.6 Å². The SMILES string of the molecule is COc1cncnc1-c1ccc2nc(Nc3cc(CN4CCNCC4)ccn3)[nH]c2c1.Cl. The number of rotatable bonds is 6. The second-order valence-corrected chi connectivity index (χ2v) is 7.46. The molecule has 0 atom stereocenters. The Morgan fingerprint density at radius 2 is 2.00 bits per heavy atom. The molecule has 1 aromatic carbocycles. The molecule has 32 heavy (non-hydrogen) atoms. The minimum Gasteiger partial charge on any atom is -0.493 e. The lowest BCUT2D eigenvalue weighted by atomic mass is 10.1. The van der Waals surface area contributed by atoms with Crippen LogP contribution in [0.25, 0.3) is 22.3 Å². The Kier molecular flexibility index (Phi) is 6.79. The van der Waals surface area contributed by atoms with Crippen LogP contribution in [0.5, 0.6) is 5.75 Å². The second-order valence-electron chi connectivity index (χ2n) is 7.46. The number of nitrogens with zero attached hydrogens (tertiary/aromatic N) is 5. The fourth-order valence-electron chi connectivity index (χ4n) is 3.79. The first-order valence-corrected chi connectivity index (χ1v) is 10.3. The Bertz CT molecular complexity index is 1190. The third kappa shape index (κ3) is 4.80. The van der Waals surface area contributed by atoms with E-state index in [2.05, 4.69) is 52.6 Å². The fraction of sp³-hybridized carbons (Fsp3) is 0.273. The molecule has 0 saturated carbocycles. The van der Waals surface area contributed by atoms with Crippen LogP contribution in [0.1, 0.15) is 5.56 Å². The number of methoxy groups -OCH3 is 1. The van der Waals surface area contributed by atoms with Crippen LogP contribution in [0, 0.1) is 0 Å². The fourth-order valence-corrected chi connectivity index (χ4v) is 3.79. The number of benzene rings is 1. The van der Waals surface area contributed by atoms with Crippen molar-refractivity contribution in [2.45, 2.75) is 6.54 Å². The molecule has 0 radical (unpaired) electrons. The van der Waals surface area contributed by atoms with Gasteiger partial charge in [0.25, 0.3) is 0 Å². The highest BCUT2D eigenvalue weighted by molar-refractivity contribution is 5.85. The second kappa shape index (κ2) is 9.90. The van der Waals surface area contributed by atoms with Gasteiger partial charge in [0.15, 0.2) is 5.75 Å². The summed E-state index contributed by atoms with van der Waals surface area (Å²) < 4.78 is 5.38. The highest BCUT2D eigenvalue weighted by Gasteiger charge is 2.12. The van der Waals surface area contributed by atoms with Crippen molar-refractivity contribution < 1.29 is 4.74 Å². The summed E-state index contributed by atoms with van der Waals surface area (Å²) in [5.74, 6) is 2.04. The van der Waals surface area contributed by atoms with Gasteiger partial charge in [0.2, 0.25) is 5.95 Å². The predicted octanol–water partition coefficient (Wildman–Crippen LogP) is 2.99. The van der Waals surface area contributed by atoms with Gasteiger partial charge in [-0.25, -0.2) is 19.9 Å². The number of aromatic amines is 1. The Morgan fingerprint density at radius 1 is 1.12 bits per heavy atom. The summed E-state index contributed by atoms with van der Waals surface area (Å²) in [6.45, 7) is 5.13. The average molecular weight is 453 g/mol. The Labute approximate surface area is 192 Å². The van der Waals surface area contributed by atoms with E-state index >= 15 is 0 Å². The zero-order valence-electron chi connectivity index (χ0n) is 17.7. The smallest absolute Gasteiger partial charge is 0.206 e. The summed E-state index contributed by atoms with van der Waals surface area (Å²) in [6.07, 6.45) is 5.01. The van der Waals surface area contributed by atoms with Crippen LogP contribution in [0.2, 0.25) is 0 Å². The number of anilines is 2. The van der Waals surface area contributed by atoms with Gasteiger partial charge in [-0.1, -0.05) is 6.07 Å². The van der Waals surface area contributed by atoms with Gasteiger partial charge >= 0.3 is 0 Å². The number of fused-ring (bicyclic) bond motifs is 1. The molecule has 9 nitrogen and oxygen atoms in total. The molecule has 4 heterocycles. The molecule has 0 bridgehead atoms. The third-order valence-corrected chi connectivity index (χ3v) is 5.34. The highest BCUT2D eigenvalue weighted by Crippen LogP contribution is 2.29. The third-order valence-electron chi connectivity index (χ3n) is 5.34. The zero-order chi connectivity index (χ0) is 21.0. The van der Waals surface area contributed by atoms with Crippen molar-refractivity contribution in [2.24, 2.45) is 0 Å². The van der Waals surface area contributed by atoms with Crippen molar-refractivity contribution in [1.82, 2.24) is 35.1 Å². The maximum absolute atomic E-state index is 5.38. The van der Waals surface area contributed by atoms with Gasteiger partial charge in [-0.15, -0.1) is 12.4 Å². The zero-order valence-corrected chi connectivity index (χ0v) is 18.5. The first-order valence-electron chi connectivity index (χ1n) is 10.3. The van der Waals surface area contributed by atoms with Crippen LogP contribution in [-0.2, 0) is 6.54 Å². The molecule has 4 aromatic rings. The first kappa shape index (κ1) is 21.9. The highest BCUT2D eigenvalue weighted by atomic mass is 35.5. The largest absolute Gasteiger partial charge is 0.493 e. The Morgan fingerprint density at radius 3 is 2.84 bits per heavy atom. The van der Waals surface area contributed by atoms with Crippen molar-refractivity contribution >= 4 is 35.2 Å². The van der Waals surface area contributed by atoms with E-state index in [4.69, 9.17) is 4.74 Å². The van der Waals surface area contributed by atoms with Gasteiger partial charge in [-0.05, 0) is 29.8 Å². The maximum Gasteiger partial charge on any atom is 0.206 e. The molecule has 1 aliphatic heterocycles. The molecule has 0 amide bonds. The van der Waals surface area contributed by atoms with E-state index in [1.165, 1.54) is 11.9 Å². The van der Waals surface area contributed by atoms with Gasteiger partial charge in [0.05, 0.1) is 24.3 Å². The summed E-state index contributed by atoms with van der Waals surface area (Å²) in [6, 6.07) is 10.1. The van der Waals surface area contributed by atoms with Crippen LogP contribution < -0.4 is 15.4 Å². The van der Waals surface area contributed by atoms with Crippen LogP contribution in [0.15, 0.2) is 49.1 Å². The Hall–Kier alpha value is -3.27. The standard InChI is InChI=1S/C22H24N8O.ClH/c1-31-19-12-24-14-26-21(19)16-2-3-17-18(11-16)28-22(27-17)29-20-10-15(4-5-25-20)13-30-8-6-23-7-9-30;/h2-5,10-12,14,23H,6-9,13H2,1H3,(H2,25,27,28,29);1H. The lowest BCUT2D eigenvalue weighted by Crippen LogP contribution is -2.42. The minimum absolute atomic E-state index is 0. The van der Waals surface area contributed by atoms with Gasteiger partial charge in [-0.2, -0.15) is 0 Å². The van der Waals surface area contributed by atoms with Gasteiger partial charge in [-0.3, -0.25) is 4.90 Å². The van der Waals surface area contributed by atoms with Crippen LogP contribution in [-0.4, -0.2) is 63.1 Å². The quantitative estimate of drug-likeness (QED) is 0.410. The van der Waals surface area contributed by atoms with Gasteiger partial charge in [0, 0.05) is 44.5 Å². The molecule has 10 heteroatoms. The summed E-state index contributed by atoms with van der Waals surface area (Å²) in [7, 11) is 1.61. The summed E-state index contributed by atoms with van der Waals surface area (Å²) in [5, 5.41) is 6.68. The molecular formula is C22H25ClN8O. The minimum atomic E-state index is 0. The van der Waals surface area contributed by atoms with Crippen molar-refractivity contribution in [3.63, 3.8) is 0 Å². The van der Waals surface area contributed by atoms with Crippen molar-refractivity contribution in [3.05, 3.63) is 54.6 Å². The molecule has 3 N–H and O–H groups in total. The number of hydrogen-bond acceptors (Lipinski definition) is 8. The summed E-state index contributed by atoms with van der Waals surface area (Å²) in [4.78, 5) is 23.2. The number of piperazine rings is 1. The number of nitrogens with one attached hydrogen (secondary N) is 3. The topological polar surface area (TPSA) is 104 Å². The summed E-state index contributed by atoms with van der Waals surface area (Å²) >= 11 is 0. The number of halogens is 1. The van der Waals surface area contributed by atoms with Crippen LogP contribution in [0.3, 0.4) is 0 Å². The van der Waals surface area contributed by atoms with E-state index in [0.717, 1.165) is 60.8 Å². The number of aromatic nitrogens is 5. The molecule has 0 spiro atoms. The number of pyridine rings is 1. The first-order chi connectivity index (χ1) is 15.3. The normalized spacial score (nSPS) is 14.2. The average Bonchev–Trinajstić information content (AvgIpc) is 3.21. The molecule has 3 aromatic heterocycles. The van der Waals surface area contributed by atoms with E-state index in [9.17, 15) is 0 Å². The maximum atomic E-state index is 5.38. The molecule has 1 saturated heterocycles. The number of imidazole rings is 1. The van der Waals surface area contributed by atoms with Crippen molar-refractivity contribution in [3.8, 4) is 17.0 Å². The predicted molar refractivity (Wildman–Crippen MR) is 127 cm³/mol. The lowest BCUT2D eigenvalue weighted by molar-refractivity contribution is 0.233. The van der Waals surface area contributed by atoms with E-state index < -0.39 is 0 Å². The van der Waals surface area contributed by atoms with Crippen LogP contribution >= 0.6 is 12.4 Å². The Balaban J connectivity index is 0.00000245. The molecule has 1 fully saturated rings. The van der Waals surface area contributed by atoms with E-state index in [1.54, 1.807) is 13.3 Å². The number of hydrogen-bond donors (Lipinski definition) is 3. The van der Waals surface area contributed by atoms with Crippen molar-refractivity contribution in [1.29, 1.82) is 0 Å².